The van der Waals surface area contributed by atoms with Gasteiger partial charge in [-0.05, 0) is 47.8 Å². The molecule has 0 bridgehead atoms. The Hall–Kier alpha value is 0.1000. The van der Waals surface area contributed by atoms with Crippen molar-refractivity contribution < 1.29 is 4.74 Å². The number of nitrogens with one attached hydrogen (secondary N) is 1. The second-order valence-electron chi connectivity index (χ2n) is 4.05. The first-order valence-corrected chi connectivity index (χ1v) is 6.93. The Bertz CT molecular complexity index is 315. The number of rotatable bonds is 3. The minimum atomic E-state index is 0.499. The highest BCUT2D eigenvalue weighted by molar-refractivity contribution is 9.11. The topological polar surface area (TPSA) is 21.3 Å². The largest absolute Gasteiger partial charge is 0.378 e. The first-order valence-electron chi connectivity index (χ1n) is 5.32. The van der Waals surface area contributed by atoms with Crippen LogP contribution < -0.4 is 5.32 Å². The van der Waals surface area contributed by atoms with Gasteiger partial charge in [0.25, 0.3) is 0 Å². The molecule has 1 aliphatic heterocycles. The summed E-state index contributed by atoms with van der Waals surface area (Å²) in [5, 5.41) is 3.56. The Morgan fingerprint density at radius 2 is 2.40 bits per heavy atom. The van der Waals surface area contributed by atoms with E-state index in [0.29, 0.717) is 12.1 Å². The number of ether oxygens (including phenoxy) is 1. The number of thiophene rings is 1. The molecular weight excluding hydrogens is 274 g/mol. The van der Waals surface area contributed by atoms with E-state index in [1.54, 1.807) is 0 Å². The van der Waals surface area contributed by atoms with Crippen LogP contribution in [0.1, 0.15) is 18.2 Å². The van der Waals surface area contributed by atoms with Crippen molar-refractivity contribution in [3.63, 3.8) is 0 Å². The van der Waals surface area contributed by atoms with Crippen LogP contribution in [0.5, 0.6) is 0 Å². The monoisotopic (exact) mass is 289 g/mol. The first kappa shape index (κ1) is 11.6. The van der Waals surface area contributed by atoms with Crippen molar-refractivity contribution in [2.45, 2.75) is 31.8 Å². The second kappa shape index (κ2) is 5.43. The highest BCUT2D eigenvalue weighted by Crippen LogP contribution is 2.23. The Balaban J connectivity index is 1.77. The summed E-state index contributed by atoms with van der Waals surface area (Å²) in [4.78, 5) is 1.45. The number of hydrogen-bond donors (Lipinski definition) is 1. The molecule has 0 radical (unpaired) electrons. The maximum atomic E-state index is 5.52. The molecule has 2 heterocycles. The molecule has 0 amide bonds. The van der Waals surface area contributed by atoms with Gasteiger partial charge in [0.15, 0.2) is 0 Å². The molecule has 1 fully saturated rings. The van der Waals surface area contributed by atoms with Crippen molar-refractivity contribution in [1.29, 1.82) is 0 Å². The van der Waals surface area contributed by atoms with Crippen molar-refractivity contribution in [1.82, 2.24) is 5.32 Å². The molecule has 1 aromatic rings. The average Bonchev–Trinajstić information content (AvgIpc) is 2.62. The van der Waals surface area contributed by atoms with Crippen LogP contribution in [0.15, 0.2) is 15.9 Å². The predicted molar refractivity (Wildman–Crippen MR) is 67.5 cm³/mol. The number of hydrogen-bond acceptors (Lipinski definition) is 3. The van der Waals surface area contributed by atoms with Crippen LogP contribution >= 0.6 is 27.3 Å². The summed E-state index contributed by atoms with van der Waals surface area (Å²) in [7, 11) is 0. The van der Waals surface area contributed by atoms with Crippen LogP contribution in [0.2, 0.25) is 0 Å². The highest BCUT2D eigenvalue weighted by Gasteiger charge is 2.17. The van der Waals surface area contributed by atoms with E-state index in [9.17, 15) is 0 Å². The van der Waals surface area contributed by atoms with Crippen molar-refractivity contribution in [3.8, 4) is 0 Å². The molecule has 2 nitrogen and oxygen atoms in total. The summed E-state index contributed by atoms with van der Waals surface area (Å²) in [5.41, 5.74) is 0. The van der Waals surface area contributed by atoms with Crippen LogP contribution in [0.4, 0.5) is 0 Å². The van der Waals surface area contributed by atoms with E-state index in [1.165, 1.54) is 8.66 Å². The number of aryl methyl sites for hydroxylation is 1. The van der Waals surface area contributed by atoms with Crippen molar-refractivity contribution in [2.24, 2.45) is 0 Å². The molecule has 2 rings (SSSR count). The van der Waals surface area contributed by atoms with Crippen molar-refractivity contribution in [3.05, 3.63) is 20.8 Å². The van der Waals surface area contributed by atoms with E-state index in [4.69, 9.17) is 4.74 Å². The second-order valence-corrected chi connectivity index (χ2v) is 6.59. The fraction of sp³-hybridized carbons (Fsp3) is 0.636. The normalized spacial score (nSPS) is 26.8. The van der Waals surface area contributed by atoms with Crippen LogP contribution in [-0.4, -0.2) is 25.3 Å². The molecule has 2 atom stereocenters. The van der Waals surface area contributed by atoms with Crippen LogP contribution in [0, 0.1) is 0 Å². The maximum Gasteiger partial charge on any atom is 0.0701 e. The molecule has 0 saturated carbocycles. The van der Waals surface area contributed by atoms with Gasteiger partial charge in [-0.3, -0.25) is 0 Å². The molecular formula is C11H16BrNOS. The zero-order chi connectivity index (χ0) is 10.7. The third-order valence-corrected chi connectivity index (χ3v) is 4.26. The first-order chi connectivity index (χ1) is 7.24. The molecule has 2 unspecified atom stereocenters. The Kier molecular flexibility index (Phi) is 4.20. The molecule has 1 aromatic heterocycles. The lowest BCUT2D eigenvalue weighted by Crippen LogP contribution is -2.47. The smallest absolute Gasteiger partial charge is 0.0701 e. The summed E-state index contributed by atoms with van der Waals surface area (Å²) in [6.45, 7) is 3.88. The third kappa shape index (κ3) is 3.55. The third-order valence-electron chi connectivity index (χ3n) is 2.58. The molecule has 0 aliphatic carbocycles. The number of morpholine rings is 1. The van der Waals surface area contributed by atoms with Crippen LogP contribution in [0.25, 0.3) is 0 Å². The van der Waals surface area contributed by atoms with Crippen LogP contribution in [0.3, 0.4) is 0 Å². The zero-order valence-corrected chi connectivity index (χ0v) is 11.2. The quantitative estimate of drug-likeness (QED) is 0.924. The van der Waals surface area contributed by atoms with E-state index in [1.807, 2.05) is 11.3 Å². The number of halogens is 1. The van der Waals surface area contributed by atoms with Crippen molar-refractivity contribution in [2.75, 3.05) is 13.2 Å². The van der Waals surface area contributed by atoms with Gasteiger partial charge in [0, 0.05) is 17.0 Å². The standard InChI is InChI=1S/C11H16BrNOS/c1-8-6-14-7-9(13-8)2-3-10-4-5-11(12)15-10/h4-5,8-9,13H,2-3,6-7H2,1H3. The van der Waals surface area contributed by atoms with E-state index in [-0.39, 0.29) is 0 Å². The molecule has 84 valence electrons. The van der Waals surface area contributed by atoms with E-state index < -0.39 is 0 Å². The molecule has 4 heteroatoms. The van der Waals surface area contributed by atoms with Gasteiger partial charge in [-0.2, -0.15) is 0 Å². The molecule has 1 aliphatic rings. The van der Waals surface area contributed by atoms with E-state index in [2.05, 4.69) is 40.3 Å². The van der Waals surface area contributed by atoms with E-state index >= 15 is 0 Å². The minimum Gasteiger partial charge on any atom is -0.378 e. The molecule has 15 heavy (non-hydrogen) atoms. The zero-order valence-electron chi connectivity index (χ0n) is 8.83. The summed E-state index contributed by atoms with van der Waals surface area (Å²) in [5.74, 6) is 0. The summed E-state index contributed by atoms with van der Waals surface area (Å²) < 4.78 is 6.74. The van der Waals surface area contributed by atoms with Gasteiger partial charge < -0.3 is 10.1 Å². The Morgan fingerprint density at radius 1 is 1.53 bits per heavy atom. The van der Waals surface area contributed by atoms with Gasteiger partial charge in [-0.25, -0.2) is 0 Å². The van der Waals surface area contributed by atoms with Gasteiger partial charge in [0.05, 0.1) is 17.0 Å². The lowest BCUT2D eigenvalue weighted by Gasteiger charge is -2.28. The SMILES string of the molecule is CC1COCC(CCc2ccc(Br)s2)N1. The molecule has 0 aromatic carbocycles. The predicted octanol–water partition coefficient (Wildman–Crippen LogP) is 2.82. The molecule has 1 N–H and O–H groups in total. The minimum absolute atomic E-state index is 0.499. The highest BCUT2D eigenvalue weighted by atomic mass is 79.9. The summed E-state index contributed by atoms with van der Waals surface area (Å²) in [6.07, 6.45) is 2.31. The Labute approximate surface area is 103 Å². The Morgan fingerprint density at radius 3 is 3.07 bits per heavy atom. The molecule has 0 spiro atoms. The van der Waals surface area contributed by atoms with Crippen LogP contribution in [-0.2, 0) is 11.2 Å². The van der Waals surface area contributed by atoms with Crippen molar-refractivity contribution >= 4 is 27.3 Å². The van der Waals surface area contributed by atoms with E-state index in [0.717, 1.165) is 26.1 Å². The van der Waals surface area contributed by atoms with Gasteiger partial charge >= 0.3 is 0 Å². The fourth-order valence-corrected chi connectivity index (χ4v) is 3.35. The lowest BCUT2D eigenvalue weighted by atomic mass is 10.1. The maximum absolute atomic E-state index is 5.52. The van der Waals surface area contributed by atoms with Gasteiger partial charge in [0.1, 0.15) is 0 Å². The summed E-state index contributed by atoms with van der Waals surface area (Å²) >= 11 is 5.31. The average molecular weight is 290 g/mol. The van der Waals surface area contributed by atoms with Gasteiger partial charge in [-0.1, -0.05) is 0 Å². The van der Waals surface area contributed by atoms with Gasteiger partial charge in [0.2, 0.25) is 0 Å². The molecule has 1 saturated heterocycles. The lowest BCUT2D eigenvalue weighted by molar-refractivity contribution is 0.0484. The van der Waals surface area contributed by atoms with Gasteiger partial charge in [-0.15, -0.1) is 11.3 Å². The summed E-state index contributed by atoms with van der Waals surface area (Å²) in [6, 6.07) is 5.34. The fourth-order valence-electron chi connectivity index (χ4n) is 1.85.